The van der Waals surface area contributed by atoms with E-state index in [4.69, 9.17) is 0 Å². The summed E-state index contributed by atoms with van der Waals surface area (Å²) >= 11 is 1.91. The molecule has 1 aliphatic heterocycles. The molecule has 0 saturated carbocycles. The van der Waals surface area contributed by atoms with Gasteiger partial charge >= 0.3 is 0 Å². The minimum absolute atomic E-state index is 0.597. The van der Waals surface area contributed by atoms with Crippen LogP contribution in [0.15, 0.2) is 11.4 Å². The molecule has 66 valence electrons. The summed E-state index contributed by atoms with van der Waals surface area (Å²) < 4.78 is 0. The summed E-state index contributed by atoms with van der Waals surface area (Å²) in [6.07, 6.45) is 1.22. The molecule has 0 spiro atoms. The first-order valence-corrected chi connectivity index (χ1v) is 5.46. The quantitative estimate of drug-likeness (QED) is 0.702. The van der Waals surface area contributed by atoms with Crippen LogP contribution in [0.1, 0.15) is 30.3 Å². The first-order chi connectivity index (χ1) is 5.79. The summed E-state index contributed by atoms with van der Waals surface area (Å²) in [5, 5.41) is 5.78. The summed E-state index contributed by atoms with van der Waals surface area (Å²) in [6, 6.07) is 2.87. The topological polar surface area (TPSA) is 12.0 Å². The van der Waals surface area contributed by atoms with Crippen molar-refractivity contribution in [1.82, 2.24) is 5.32 Å². The van der Waals surface area contributed by atoms with Crippen LogP contribution < -0.4 is 5.32 Å². The molecule has 0 bridgehead atoms. The molecule has 1 aliphatic rings. The molecular weight excluding hydrogens is 166 g/mol. The second-order valence-electron chi connectivity index (χ2n) is 3.72. The van der Waals surface area contributed by atoms with E-state index in [1.807, 2.05) is 11.3 Å². The van der Waals surface area contributed by atoms with Crippen LogP contribution >= 0.6 is 11.3 Å². The Balaban J connectivity index is 2.31. The molecular formula is C10H15NS. The average Bonchev–Trinajstić information content (AvgIpc) is 2.49. The van der Waals surface area contributed by atoms with Gasteiger partial charge in [-0.25, -0.2) is 0 Å². The number of thiophene rings is 1. The molecule has 1 atom stereocenters. The minimum atomic E-state index is 0.597. The lowest BCUT2D eigenvalue weighted by molar-refractivity contribution is 0.398. The number of hydrogen-bond donors (Lipinski definition) is 1. The number of nitrogens with one attached hydrogen (secondary N) is 1. The van der Waals surface area contributed by atoms with Crippen LogP contribution in [0, 0.1) is 5.92 Å². The van der Waals surface area contributed by atoms with E-state index in [1.165, 1.54) is 6.42 Å². The van der Waals surface area contributed by atoms with Crippen molar-refractivity contribution in [2.24, 2.45) is 5.92 Å². The third-order valence-corrected chi connectivity index (χ3v) is 3.49. The van der Waals surface area contributed by atoms with E-state index in [2.05, 4.69) is 30.6 Å². The summed E-state index contributed by atoms with van der Waals surface area (Å²) in [4.78, 5) is 1.59. The number of rotatable bonds is 1. The number of hydrogen-bond acceptors (Lipinski definition) is 2. The fraction of sp³-hybridized carbons (Fsp3) is 0.600. The molecule has 2 heteroatoms. The first-order valence-electron chi connectivity index (χ1n) is 4.58. The van der Waals surface area contributed by atoms with E-state index in [0.29, 0.717) is 12.0 Å². The van der Waals surface area contributed by atoms with Gasteiger partial charge in [-0.2, -0.15) is 0 Å². The van der Waals surface area contributed by atoms with Crippen LogP contribution in [-0.2, 0) is 6.42 Å². The maximum Gasteiger partial charge on any atom is 0.0354 e. The molecule has 0 aliphatic carbocycles. The minimum Gasteiger partial charge on any atom is -0.309 e. The summed E-state index contributed by atoms with van der Waals surface area (Å²) in [7, 11) is 0. The number of fused-ring (bicyclic) bond motifs is 1. The Morgan fingerprint density at radius 2 is 2.42 bits per heavy atom. The Kier molecular flexibility index (Phi) is 2.20. The molecule has 0 amide bonds. The van der Waals surface area contributed by atoms with Crippen molar-refractivity contribution >= 4 is 11.3 Å². The summed E-state index contributed by atoms with van der Waals surface area (Å²) in [6.45, 7) is 5.71. The Labute approximate surface area is 77.8 Å². The van der Waals surface area contributed by atoms with Crippen molar-refractivity contribution in [2.45, 2.75) is 26.3 Å². The molecule has 0 saturated heterocycles. The Morgan fingerprint density at radius 1 is 1.58 bits per heavy atom. The Bertz CT molecular complexity index is 265. The van der Waals surface area contributed by atoms with E-state index >= 15 is 0 Å². The second-order valence-corrected chi connectivity index (χ2v) is 4.73. The zero-order chi connectivity index (χ0) is 8.55. The van der Waals surface area contributed by atoms with Gasteiger partial charge in [-0.15, -0.1) is 11.3 Å². The Hall–Kier alpha value is -0.340. The normalized spacial score (nSPS) is 22.8. The molecule has 12 heavy (non-hydrogen) atoms. The summed E-state index contributed by atoms with van der Waals surface area (Å²) in [5.74, 6) is 0.707. The highest BCUT2D eigenvalue weighted by Gasteiger charge is 2.22. The molecule has 0 radical (unpaired) electrons. The van der Waals surface area contributed by atoms with Gasteiger partial charge in [0, 0.05) is 17.5 Å². The van der Waals surface area contributed by atoms with Gasteiger partial charge in [0.05, 0.1) is 0 Å². The monoisotopic (exact) mass is 181 g/mol. The van der Waals surface area contributed by atoms with E-state index in [0.717, 1.165) is 6.54 Å². The lowest BCUT2D eigenvalue weighted by Crippen LogP contribution is -2.31. The largest absolute Gasteiger partial charge is 0.309 e. The fourth-order valence-corrected chi connectivity index (χ4v) is 2.81. The highest BCUT2D eigenvalue weighted by Crippen LogP contribution is 2.31. The molecule has 0 aromatic carbocycles. The molecule has 1 aromatic rings. The van der Waals surface area contributed by atoms with E-state index in [9.17, 15) is 0 Å². The van der Waals surface area contributed by atoms with Crippen LogP contribution in [0.4, 0.5) is 0 Å². The van der Waals surface area contributed by atoms with E-state index in [-0.39, 0.29) is 0 Å². The van der Waals surface area contributed by atoms with Crippen LogP contribution in [0.3, 0.4) is 0 Å². The third kappa shape index (κ3) is 1.29. The average molecular weight is 181 g/mol. The van der Waals surface area contributed by atoms with Gasteiger partial charge in [-0.1, -0.05) is 13.8 Å². The van der Waals surface area contributed by atoms with Crippen molar-refractivity contribution in [1.29, 1.82) is 0 Å². The smallest absolute Gasteiger partial charge is 0.0354 e. The van der Waals surface area contributed by atoms with Gasteiger partial charge in [0.25, 0.3) is 0 Å². The maximum absolute atomic E-state index is 3.57. The highest BCUT2D eigenvalue weighted by atomic mass is 32.1. The van der Waals surface area contributed by atoms with Crippen LogP contribution in [0.2, 0.25) is 0 Å². The summed E-state index contributed by atoms with van der Waals surface area (Å²) in [5.41, 5.74) is 1.54. The highest BCUT2D eigenvalue weighted by molar-refractivity contribution is 7.10. The van der Waals surface area contributed by atoms with Crippen molar-refractivity contribution in [3.8, 4) is 0 Å². The molecule has 1 nitrogen and oxygen atoms in total. The molecule has 1 aromatic heterocycles. The van der Waals surface area contributed by atoms with Crippen molar-refractivity contribution < 1.29 is 0 Å². The first kappa shape index (κ1) is 8.27. The van der Waals surface area contributed by atoms with Crippen molar-refractivity contribution in [2.75, 3.05) is 6.54 Å². The van der Waals surface area contributed by atoms with E-state index in [1.54, 1.807) is 10.4 Å². The molecule has 0 fully saturated rings. The predicted molar refractivity (Wildman–Crippen MR) is 53.6 cm³/mol. The fourth-order valence-electron chi connectivity index (χ4n) is 1.88. The lowest BCUT2D eigenvalue weighted by atomic mass is 9.93. The van der Waals surface area contributed by atoms with Gasteiger partial charge in [-0.05, 0) is 29.3 Å². The zero-order valence-electron chi connectivity index (χ0n) is 7.63. The molecule has 2 rings (SSSR count). The zero-order valence-corrected chi connectivity index (χ0v) is 8.45. The third-order valence-electron chi connectivity index (χ3n) is 2.50. The van der Waals surface area contributed by atoms with Crippen LogP contribution in [0.5, 0.6) is 0 Å². The predicted octanol–water partition coefficient (Wildman–Crippen LogP) is 2.59. The van der Waals surface area contributed by atoms with Crippen molar-refractivity contribution in [3.63, 3.8) is 0 Å². The second kappa shape index (κ2) is 3.19. The van der Waals surface area contributed by atoms with Gasteiger partial charge in [-0.3, -0.25) is 0 Å². The van der Waals surface area contributed by atoms with Crippen LogP contribution in [-0.4, -0.2) is 6.54 Å². The lowest BCUT2D eigenvalue weighted by Gasteiger charge is -2.27. The van der Waals surface area contributed by atoms with Gasteiger partial charge in [0.15, 0.2) is 0 Å². The van der Waals surface area contributed by atoms with Gasteiger partial charge < -0.3 is 5.32 Å². The molecule has 1 N–H and O–H groups in total. The SMILES string of the molecule is CC(C)[C@@H]1NCCc2sccc21. The molecule has 0 unspecified atom stereocenters. The Morgan fingerprint density at radius 3 is 3.17 bits per heavy atom. The van der Waals surface area contributed by atoms with Crippen LogP contribution in [0.25, 0.3) is 0 Å². The standard InChI is InChI=1S/C10H15NS/c1-7(2)10-8-4-6-12-9(8)3-5-11-10/h4,6-7,10-11H,3,5H2,1-2H3/t10-/m0/s1. The molecule has 2 heterocycles. The van der Waals surface area contributed by atoms with Gasteiger partial charge in [0.1, 0.15) is 0 Å². The van der Waals surface area contributed by atoms with Gasteiger partial charge in [0.2, 0.25) is 0 Å². The maximum atomic E-state index is 3.57. The van der Waals surface area contributed by atoms with E-state index < -0.39 is 0 Å². The van der Waals surface area contributed by atoms with Crippen molar-refractivity contribution in [3.05, 3.63) is 21.9 Å².